The van der Waals surface area contributed by atoms with Crippen molar-refractivity contribution in [3.63, 3.8) is 0 Å². The second-order valence-corrected chi connectivity index (χ2v) is 7.04. The predicted molar refractivity (Wildman–Crippen MR) is 96.4 cm³/mol. The molecule has 0 aliphatic carbocycles. The van der Waals surface area contributed by atoms with Crippen LogP contribution in [-0.4, -0.2) is 29.7 Å². The number of halogens is 1. The number of amides is 2. The lowest BCUT2D eigenvalue weighted by Gasteiger charge is -2.35. The number of ketones is 1. The summed E-state index contributed by atoms with van der Waals surface area (Å²) in [5.74, 6) is -2.88. The van der Waals surface area contributed by atoms with Crippen molar-refractivity contribution >= 4 is 29.4 Å². The molecule has 6 heteroatoms. The third kappa shape index (κ3) is 2.19. The van der Waals surface area contributed by atoms with Crippen molar-refractivity contribution in [2.45, 2.75) is 12.1 Å². The second kappa shape index (κ2) is 5.61. The standard InChI is InChI=1S/C21H15FN2O3/c22-13-8-5-12(6-9-13)19(25)18-17-16(20(26)23-21(17)27)15-10-7-11-3-1-2-4-14(11)24(15)18/h1-10,15-18H,(H,23,26,27)/t15-,16+,17-,18+/m1/s1. The number of rotatable bonds is 2. The summed E-state index contributed by atoms with van der Waals surface area (Å²) >= 11 is 0. The van der Waals surface area contributed by atoms with Crippen LogP contribution in [0, 0.1) is 17.7 Å². The average Bonchev–Trinajstić information content (AvgIpc) is 3.17. The Bertz CT molecular complexity index is 1010. The van der Waals surface area contributed by atoms with E-state index in [4.69, 9.17) is 0 Å². The average molecular weight is 362 g/mol. The summed E-state index contributed by atoms with van der Waals surface area (Å²) in [4.78, 5) is 40.2. The number of hydrogen-bond acceptors (Lipinski definition) is 4. The van der Waals surface area contributed by atoms with E-state index in [1.807, 2.05) is 41.3 Å². The summed E-state index contributed by atoms with van der Waals surface area (Å²) in [5, 5.41) is 2.37. The van der Waals surface area contributed by atoms with Gasteiger partial charge in [0.2, 0.25) is 11.8 Å². The van der Waals surface area contributed by atoms with Gasteiger partial charge in [0, 0.05) is 11.3 Å². The number of benzene rings is 2. The van der Waals surface area contributed by atoms with Crippen LogP contribution in [-0.2, 0) is 9.59 Å². The molecule has 0 unspecified atom stereocenters. The van der Waals surface area contributed by atoms with Gasteiger partial charge in [-0.05, 0) is 35.9 Å². The van der Waals surface area contributed by atoms with Crippen molar-refractivity contribution in [2.75, 3.05) is 4.90 Å². The molecular weight excluding hydrogens is 347 g/mol. The molecule has 4 atom stereocenters. The topological polar surface area (TPSA) is 66.5 Å². The fourth-order valence-electron chi connectivity index (χ4n) is 4.52. The summed E-state index contributed by atoms with van der Waals surface area (Å²) in [5.41, 5.74) is 2.07. The van der Waals surface area contributed by atoms with Crippen molar-refractivity contribution < 1.29 is 18.8 Å². The van der Waals surface area contributed by atoms with Gasteiger partial charge < -0.3 is 4.90 Å². The maximum atomic E-state index is 13.3. The van der Waals surface area contributed by atoms with Crippen LogP contribution in [0.15, 0.2) is 54.6 Å². The fourth-order valence-corrected chi connectivity index (χ4v) is 4.52. The minimum Gasteiger partial charge on any atom is -0.352 e. The Hall–Kier alpha value is -3.28. The molecule has 0 spiro atoms. The third-order valence-electron chi connectivity index (χ3n) is 5.65. The molecule has 1 N–H and O–H groups in total. The van der Waals surface area contributed by atoms with Gasteiger partial charge in [0.05, 0.1) is 17.9 Å². The Labute approximate surface area is 154 Å². The van der Waals surface area contributed by atoms with E-state index >= 15 is 0 Å². The van der Waals surface area contributed by atoms with Gasteiger partial charge in [-0.1, -0.05) is 30.4 Å². The number of Topliss-reactive ketones (excluding diaryl/α,β-unsaturated/α-hetero) is 1. The first-order chi connectivity index (χ1) is 13.1. The van der Waals surface area contributed by atoms with E-state index in [-0.39, 0.29) is 17.7 Å². The van der Waals surface area contributed by atoms with Crippen LogP contribution in [0.3, 0.4) is 0 Å². The van der Waals surface area contributed by atoms with Gasteiger partial charge in [0.1, 0.15) is 11.9 Å². The molecule has 0 saturated carbocycles. The maximum Gasteiger partial charge on any atom is 0.233 e. The summed E-state index contributed by atoms with van der Waals surface area (Å²) in [6.07, 6.45) is 3.81. The van der Waals surface area contributed by atoms with Crippen LogP contribution in [0.4, 0.5) is 10.1 Å². The smallest absolute Gasteiger partial charge is 0.233 e. The second-order valence-electron chi connectivity index (χ2n) is 7.04. The highest BCUT2D eigenvalue weighted by molar-refractivity contribution is 6.14. The predicted octanol–water partition coefficient (Wildman–Crippen LogP) is 2.18. The molecule has 5 rings (SSSR count). The molecule has 5 nitrogen and oxygen atoms in total. The zero-order valence-electron chi connectivity index (χ0n) is 14.1. The number of carbonyl (C=O) groups excluding carboxylic acids is 3. The number of fused-ring (bicyclic) bond motifs is 5. The molecule has 2 aromatic carbocycles. The molecule has 0 aromatic heterocycles. The Morgan fingerprint density at radius 1 is 0.963 bits per heavy atom. The minimum atomic E-state index is -0.817. The van der Waals surface area contributed by atoms with Crippen molar-refractivity contribution in [1.82, 2.24) is 5.32 Å². The summed E-state index contributed by atoms with van der Waals surface area (Å²) in [6, 6.07) is 11.7. The first-order valence-electron chi connectivity index (χ1n) is 8.76. The van der Waals surface area contributed by atoms with Gasteiger partial charge in [-0.3, -0.25) is 19.7 Å². The molecule has 3 heterocycles. The van der Waals surface area contributed by atoms with Gasteiger partial charge in [-0.25, -0.2) is 4.39 Å². The van der Waals surface area contributed by atoms with Gasteiger partial charge in [-0.2, -0.15) is 0 Å². The molecule has 2 aromatic rings. The van der Waals surface area contributed by atoms with Crippen LogP contribution in [0.2, 0.25) is 0 Å². The van der Waals surface area contributed by atoms with Crippen LogP contribution < -0.4 is 10.2 Å². The van der Waals surface area contributed by atoms with E-state index in [0.717, 1.165) is 11.3 Å². The molecule has 3 aliphatic heterocycles. The number of anilines is 1. The molecule has 2 fully saturated rings. The number of para-hydroxylation sites is 1. The summed E-state index contributed by atoms with van der Waals surface area (Å²) < 4.78 is 13.3. The summed E-state index contributed by atoms with van der Waals surface area (Å²) in [6.45, 7) is 0. The fraction of sp³-hybridized carbons (Fsp3) is 0.190. The molecule has 134 valence electrons. The first-order valence-corrected chi connectivity index (χ1v) is 8.76. The van der Waals surface area contributed by atoms with Crippen molar-refractivity contribution in [2.24, 2.45) is 11.8 Å². The Kier molecular flexibility index (Phi) is 3.31. The Balaban J connectivity index is 1.66. The van der Waals surface area contributed by atoms with Crippen LogP contribution >= 0.6 is 0 Å². The highest BCUT2D eigenvalue weighted by atomic mass is 19.1. The van der Waals surface area contributed by atoms with Gasteiger partial charge >= 0.3 is 0 Å². The van der Waals surface area contributed by atoms with E-state index in [9.17, 15) is 18.8 Å². The Morgan fingerprint density at radius 2 is 1.67 bits per heavy atom. The first kappa shape index (κ1) is 15.9. The molecule has 0 radical (unpaired) electrons. The van der Waals surface area contributed by atoms with Gasteiger partial charge in [-0.15, -0.1) is 0 Å². The molecule has 27 heavy (non-hydrogen) atoms. The molecular formula is C21H15FN2O3. The van der Waals surface area contributed by atoms with E-state index in [0.29, 0.717) is 5.56 Å². The largest absolute Gasteiger partial charge is 0.352 e. The van der Waals surface area contributed by atoms with Crippen molar-refractivity contribution in [1.29, 1.82) is 0 Å². The maximum absolute atomic E-state index is 13.3. The zero-order chi connectivity index (χ0) is 18.7. The lowest BCUT2D eigenvalue weighted by Crippen LogP contribution is -2.47. The number of nitrogens with zero attached hydrogens (tertiary/aromatic N) is 1. The number of nitrogens with one attached hydrogen (secondary N) is 1. The number of carbonyl (C=O) groups is 3. The molecule has 2 amide bonds. The molecule has 3 aliphatic rings. The third-order valence-corrected chi connectivity index (χ3v) is 5.65. The van der Waals surface area contributed by atoms with Crippen molar-refractivity contribution in [3.05, 3.63) is 71.6 Å². The summed E-state index contributed by atoms with van der Waals surface area (Å²) in [7, 11) is 0. The highest BCUT2D eigenvalue weighted by Gasteiger charge is 2.61. The van der Waals surface area contributed by atoms with Gasteiger partial charge in [0.15, 0.2) is 5.78 Å². The molecule has 0 bridgehead atoms. The van der Waals surface area contributed by atoms with E-state index in [2.05, 4.69) is 5.32 Å². The van der Waals surface area contributed by atoms with E-state index < -0.39 is 29.6 Å². The monoisotopic (exact) mass is 362 g/mol. The zero-order valence-corrected chi connectivity index (χ0v) is 14.1. The van der Waals surface area contributed by atoms with Crippen LogP contribution in [0.5, 0.6) is 0 Å². The van der Waals surface area contributed by atoms with Crippen molar-refractivity contribution in [3.8, 4) is 0 Å². The minimum absolute atomic E-state index is 0.289. The van der Waals surface area contributed by atoms with E-state index in [1.165, 1.54) is 24.3 Å². The quantitative estimate of drug-likeness (QED) is 0.657. The SMILES string of the molecule is O=C1NC(=O)[C@@H]2[C@@H]1[C@H]1C=Cc3ccccc3N1[C@@H]2C(=O)c1ccc(F)cc1. The lowest BCUT2D eigenvalue weighted by molar-refractivity contribution is -0.126. The number of hydrogen-bond donors (Lipinski definition) is 1. The highest BCUT2D eigenvalue weighted by Crippen LogP contribution is 2.46. The van der Waals surface area contributed by atoms with E-state index in [1.54, 1.807) is 0 Å². The molecule has 2 saturated heterocycles. The van der Waals surface area contributed by atoms with Crippen LogP contribution in [0.25, 0.3) is 6.08 Å². The Morgan fingerprint density at radius 3 is 2.44 bits per heavy atom. The normalized spacial score (nSPS) is 27.8. The van der Waals surface area contributed by atoms with Gasteiger partial charge in [0.25, 0.3) is 0 Å². The lowest BCUT2D eigenvalue weighted by atomic mass is 9.86. The number of imide groups is 1. The van der Waals surface area contributed by atoms with Crippen LogP contribution in [0.1, 0.15) is 15.9 Å².